The third-order valence-electron chi connectivity index (χ3n) is 17.0. The first-order valence-corrected chi connectivity index (χ1v) is 19.6. The second-order valence-electron chi connectivity index (χ2n) is 19.6. The zero-order valence-corrected chi connectivity index (χ0v) is 33.6. The second-order valence-corrected chi connectivity index (χ2v) is 19.6. The highest BCUT2D eigenvalue weighted by molar-refractivity contribution is 5.89. The summed E-state index contributed by atoms with van der Waals surface area (Å²) in [4.78, 5) is 32.9. The maximum Gasteiger partial charge on any atom is 0.307 e. The van der Waals surface area contributed by atoms with Crippen molar-refractivity contribution >= 4 is 11.9 Å². The molecule has 2 bridgehead atoms. The molecule has 1 amide bonds. The summed E-state index contributed by atoms with van der Waals surface area (Å²) >= 11 is 0. The van der Waals surface area contributed by atoms with Gasteiger partial charge in [-0.2, -0.15) is 5.10 Å². The highest BCUT2D eigenvalue weighted by Gasteiger charge is 2.72. The van der Waals surface area contributed by atoms with Crippen LogP contribution >= 0.6 is 0 Å². The van der Waals surface area contributed by atoms with Gasteiger partial charge in [-0.1, -0.05) is 74.0 Å². The Bertz CT molecular complexity index is 1550. The lowest BCUT2D eigenvalue weighted by Crippen LogP contribution is -2.69. The van der Waals surface area contributed by atoms with E-state index in [1.165, 1.54) is 11.9 Å². The largest absolute Gasteiger partial charge is 0.481 e. The van der Waals surface area contributed by atoms with Crippen molar-refractivity contribution in [2.75, 3.05) is 33.9 Å². The van der Waals surface area contributed by atoms with Gasteiger partial charge < -0.3 is 25.2 Å². The number of carbonyl (C=O) groups is 2. The summed E-state index contributed by atoms with van der Waals surface area (Å²) in [5, 5.41) is 15.8. The number of allylic oxidation sites excluding steroid dienone is 1. The number of likely N-dealkylation sites (N-methyl/N-ethyl adjacent to an activating group) is 1. The second kappa shape index (κ2) is 12.6. The molecule has 0 spiro atoms. The van der Waals surface area contributed by atoms with Crippen LogP contribution in [0.5, 0.6) is 0 Å². The number of fused-ring (bicyclic) bond motifs is 3. The van der Waals surface area contributed by atoms with Crippen molar-refractivity contribution in [3.63, 3.8) is 0 Å². The molecule has 2 heterocycles. The zero-order chi connectivity index (χ0) is 37.7. The Labute approximate surface area is 306 Å². The molecule has 10 nitrogen and oxygen atoms in total. The van der Waals surface area contributed by atoms with Crippen molar-refractivity contribution in [3.05, 3.63) is 23.8 Å². The summed E-state index contributed by atoms with van der Waals surface area (Å²) in [6.45, 7) is 24.5. The first kappa shape index (κ1) is 38.4. The summed E-state index contributed by atoms with van der Waals surface area (Å²) in [5.74, 6) is 0.0278. The number of aliphatic carboxylic acids is 1. The molecule has 1 aromatic heterocycles. The lowest BCUT2D eigenvalue weighted by Gasteiger charge is -2.71. The molecule has 1 unspecified atom stereocenters. The molecule has 1 aliphatic heterocycles. The van der Waals surface area contributed by atoms with Gasteiger partial charge in [0.05, 0.1) is 37.9 Å². The Morgan fingerprint density at radius 2 is 1.78 bits per heavy atom. The van der Waals surface area contributed by atoms with Crippen LogP contribution in [0.1, 0.15) is 124 Å². The lowest BCUT2D eigenvalue weighted by atomic mass is 9.34. The maximum atomic E-state index is 13.5. The van der Waals surface area contributed by atoms with Gasteiger partial charge in [0, 0.05) is 16.4 Å². The molecular formula is C41H67N5O5. The van der Waals surface area contributed by atoms with Gasteiger partial charge >= 0.3 is 5.97 Å². The Hall–Kier alpha value is -2.30. The molecule has 1 saturated heterocycles. The summed E-state index contributed by atoms with van der Waals surface area (Å²) in [6, 6.07) is -0.284. The molecule has 51 heavy (non-hydrogen) atoms. The molecule has 4 aliphatic carbocycles. The molecule has 3 N–H and O–H groups in total. The minimum Gasteiger partial charge on any atom is -0.481 e. The van der Waals surface area contributed by atoms with Crippen LogP contribution in [-0.4, -0.2) is 82.2 Å². The summed E-state index contributed by atoms with van der Waals surface area (Å²) in [5.41, 5.74) is 5.59. The predicted octanol–water partition coefficient (Wildman–Crippen LogP) is 6.87. The van der Waals surface area contributed by atoms with E-state index in [4.69, 9.17) is 15.2 Å². The smallest absolute Gasteiger partial charge is 0.307 e. The minimum atomic E-state index is -0.648. The van der Waals surface area contributed by atoms with E-state index in [9.17, 15) is 14.7 Å². The van der Waals surface area contributed by atoms with Gasteiger partial charge in [0.2, 0.25) is 5.82 Å². The molecule has 5 aliphatic rings. The van der Waals surface area contributed by atoms with Crippen molar-refractivity contribution in [2.24, 2.45) is 68.3 Å². The van der Waals surface area contributed by atoms with Crippen LogP contribution in [0.15, 0.2) is 18.0 Å². The number of nitrogens with two attached hydrogens (primary N) is 1. The fraction of sp³-hybridized carbons (Fsp3) is 0.854. The van der Waals surface area contributed by atoms with Crippen molar-refractivity contribution in [1.29, 1.82) is 0 Å². The number of rotatable bonds is 10. The van der Waals surface area contributed by atoms with Crippen LogP contribution in [-0.2, 0) is 14.3 Å². The quantitative estimate of drug-likeness (QED) is 0.252. The number of hydrogen-bond acceptors (Lipinski definition) is 7. The number of nitrogens with zero attached hydrogens (tertiary/aromatic N) is 4. The molecule has 6 rings (SSSR count). The van der Waals surface area contributed by atoms with Crippen molar-refractivity contribution < 1.29 is 24.2 Å². The van der Waals surface area contributed by atoms with E-state index in [0.29, 0.717) is 44.0 Å². The van der Waals surface area contributed by atoms with Gasteiger partial charge in [0.25, 0.3) is 5.91 Å². The number of hydrogen-bond donors (Lipinski definition) is 2. The monoisotopic (exact) mass is 710 g/mol. The molecule has 0 aromatic carbocycles. The molecule has 1 aromatic rings. The van der Waals surface area contributed by atoms with Crippen molar-refractivity contribution in [3.8, 4) is 0 Å². The molecule has 0 radical (unpaired) electrons. The number of ether oxygens (including phenoxy) is 2. The summed E-state index contributed by atoms with van der Waals surface area (Å²) in [7, 11) is 4.22. The summed E-state index contributed by atoms with van der Waals surface area (Å²) < 4.78 is 15.7. The van der Waals surface area contributed by atoms with E-state index in [1.54, 1.807) is 4.68 Å². The number of amides is 1. The number of primary amides is 1. The van der Waals surface area contributed by atoms with Crippen LogP contribution < -0.4 is 5.73 Å². The van der Waals surface area contributed by atoms with Crippen LogP contribution in [0, 0.1) is 62.6 Å². The molecular weight excluding hydrogens is 642 g/mol. The normalized spacial score (nSPS) is 42.4. The van der Waals surface area contributed by atoms with Gasteiger partial charge in [0.15, 0.2) is 0 Å². The summed E-state index contributed by atoms with van der Waals surface area (Å²) in [6.07, 6.45) is 8.99. The van der Waals surface area contributed by atoms with Gasteiger partial charge in [-0.05, 0) is 105 Å². The minimum absolute atomic E-state index is 0.157. The number of aromatic nitrogens is 3. The van der Waals surface area contributed by atoms with Crippen molar-refractivity contribution in [1.82, 2.24) is 19.7 Å². The van der Waals surface area contributed by atoms with Crippen LogP contribution in [0.25, 0.3) is 0 Å². The molecule has 4 fully saturated rings. The van der Waals surface area contributed by atoms with Crippen molar-refractivity contribution in [2.45, 2.75) is 125 Å². The van der Waals surface area contributed by atoms with E-state index in [2.05, 4.69) is 104 Å². The number of carboxylic acid groups (broad SMARTS) is 1. The first-order valence-electron chi connectivity index (χ1n) is 19.6. The van der Waals surface area contributed by atoms with Gasteiger partial charge in [0.1, 0.15) is 6.33 Å². The number of carboxylic acids is 1. The highest BCUT2D eigenvalue weighted by Crippen LogP contribution is 2.75. The average Bonchev–Trinajstić information content (AvgIpc) is 3.54. The Morgan fingerprint density at radius 1 is 1.10 bits per heavy atom. The maximum absolute atomic E-state index is 13.5. The third-order valence-corrected chi connectivity index (χ3v) is 17.0. The Kier molecular flexibility index (Phi) is 9.53. The number of carbonyl (C=O) groups excluding carboxylic acids is 1. The Balaban J connectivity index is 1.47. The topological polar surface area (TPSA) is 133 Å². The lowest BCUT2D eigenvalue weighted by molar-refractivity contribution is -0.255. The molecule has 3 saturated carbocycles. The van der Waals surface area contributed by atoms with E-state index < -0.39 is 23.2 Å². The Morgan fingerprint density at radius 3 is 2.37 bits per heavy atom. The van der Waals surface area contributed by atoms with E-state index in [-0.39, 0.29) is 57.0 Å². The molecule has 12 atom stereocenters. The first-order chi connectivity index (χ1) is 23.7. The van der Waals surface area contributed by atoms with Gasteiger partial charge in [-0.25, -0.2) is 9.67 Å². The van der Waals surface area contributed by atoms with Crippen LogP contribution in [0.4, 0.5) is 0 Å². The van der Waals surface area contributed by atoms with Gasteiger partial charge in [-0.15, -0.1) is 0 Å². The third kappa shape index (κ3) is 5.25. The van der Waals surface area contributed by atoms with Gasteiger partial charge in [-0.3, -0.25) is 9.59 Å². The van der Waals surface area contributed by atoms with Crippen LogP contribution in [0.3, 0.4) is 0 Å². The fourth-order valence-electron chi connectivity index (χ4n) is 12.9. The van der Waals surface area contributed by atoms with E-state index >= 15 is 0 Å². The SMILES string of the molecule is CC(C)[C@@H](C)[C@@]1(C)CC[C@]2(C)[C@H]3CC[C@H]4C5(C)COC[C@@]4(C[C@@H](n4ncnc4C(N)=O)[C@@H]5OC[C@@](C)(C(C)C)N(C)C)C3=CC[C@@]2(C)[C@@H]1C(=O)O. The average molecular weight is 710 g/mol. The molecule has 286 valence electrons. The molecule has 10 heteroatoms. The van der Waals surface area contributed by atoms with Crippen LogP contribution in [0.2, 0.25) is 0 Å². The van der Waals surface area contributed by atoms with E-state index in [1.807, 2.05) is 0 Å². The standard InChI is InChI=1S/C41H67N5O5/c1-24(2)26(5)36(6)17-18-38(8)27-13-14-30-37(7)20-50-22-41(30,28(27)15-16-39(38,9)31(36)35(48)49)19-29(46-34(33(42)47)43-23-44-46)32(37)51-21-40(10,25(3)4)45(11)12/h15,23-27,29-32H,13-14,16-22H2,1-12H3,(H2,42,47)(H,48,49)/t26-,27+,29-,30+,31-,32+,36-,37?,38-,39+,40+,41+/m1/s1. The predicted molar refractivity (Wildman–Crippen MR) is 198 cm³/mol. The highest BCUT2D eigenvalue weighted by atomic mass is 16.5. The fourth-order valence-corrected chi connectivity index (χ4v) is 12.9. The van der Waals surface area contributed by atoms with E-state index in [0.717, 1.165) is 32.1 Å². The zero-order valence-electron chi connectivity index (χ0n) is 33.6.